The zero-order valence-corrected chi connectivity index (χ0v) is 13.2. The molecule has 0 radical (unpaired) electrons. The molecule has 7 nitrogen and oxygen atoms in total. The van der Waals surface area contributed by atoms with Crippen LogP contribution in [0.1, 0.15) is 48.8 Å². The Morgan fingerprint density at radius 1 is 0.955 bits per heavy atom. The predicted molar refractivity (Wildman–Crippen MR) is 81.0 cm³/mol. The number of anilines is 1. The maximum Gasteiger partial charge on any atom is 0.361 e. The average molecular weight is 302 g/mol. The topological polar surface area (TPSA) is 111 Å². The van der Waals surface area contributed by atoms with E-state index in [9.17, 15) is 9.59 Å². The van der Waals surface area contributed by atoms with Crippen molar-refractivity contribution in [2.45, 2.75) is 27.7 Å². The fraction of sp³-hybridized carbons (Fsp3) is 0.333. The molecule has 7 heteroatoms. The number of carbonyl (C=O) groups excluding carboxylic acids is 2. The Hall–Kier alpha value is -2.70. The molecule has 0 aliphatic heterocycles. The fourth-order valence-electron chi connectivity index (χ4n) is 2.38. The van der Waals surface area contributed by atoms with Crippen molar-refractivity contribution in [3.63, 3.8) is 0 Å². The van der Waals surface area contributed by atoms with E-state index in [0.29, 0.717) is 11.3 Å². The zero-order valence-electron chi connectivity index (χ0n) is 13.2. The summed E-state index contributed by atoms with van der Waals surface area (Å²) in [6.07, 6.45) is 0. The second-order valence-electron chi connectivity index (χ2n) is 5.13. The minimum absolute atomic E-state index is 0.0932. The number of nitrogens with one attached hydrogen (secondary N) is 1. The van der Waals surface area contributed by atoms with E-state index < -0.39 is 11.8 Å². The molecule has 1 aromatic heterocycles. The first-order valence-corrected chi connectivity index (χ1v) is 6.70. The van der Waals surface area contributed by atoms with Crippen LogP contribution in [0.25, 0.3) is 0 Å². The van der Waals surface area contributed by atoms with Crippen molar-refractivity contribution in [3.05, 3.63) is 39.2 Å². The van der Waals surface area contributed by atoms with Gasteiger partial charge in [0.25, 0.3) is 0 Å². The minimum Gasteiger partial charge on any atom is -0.464 e. The fourth-order valence-corrected chi connectivity index (χ4v) is 2.38. The van der Waals surface area contributed by atoms with Crippen LogP contribution in [0.3, 0.4) is 0 Å². The summed E-state index contributed by atoms with van der Waals surface area (Å²) in [4.78, 5) is 24.5. The number of ketones is 1. The molecule has 3 N–H and O–H groups in total. The van der Waals surface area contributed by atoms with Crippen LogP contribution in [0.4, 0.5) is 5.69 Å². The van der Waals surface area contributed by atoms with E-state index in [0.717, 1.165) is 22.3 Å². The quantitative estimate of drug-likeness (QED) is 0.506. The molecule has 116 valence electrons. The summed E-state index contributed by atoms with van der Waals surface area (Å²) in [5.74, 6) is -1.18. The number of hydrogen-bond acceptors (Lipinski definition) is 6. The average Bonchev–Trinajstić information content (AvgIpc) is 2.99. The monoisotopic (exact) mass is 302 g/mol. The minimum atomic E-state index is -0.728. The molecule has 1 heterocycles. The van der Waals surface area contributed by atoms with Gasteiger partial charge in [0.2, 0.25) is 11.5 Å². The number of nitrogens with zero attached hydrogens (tertiary/aromatic N) is 2. The Balaban J connectivity index is 2.66. The van der Waals surface area contributed by atoms with Crippen LogP contribution in [0, 0.1) is 27.7 Å². The summed E-state index contributed by atoms with van der Waals surface area (Å²) in [7, 11) is 1.21. The number of hydrogen-bond donors (Lipinski definition) is 2. The van der Waals surface area contributed by atoms with Crippen molar-refractivity contribution in [2.24, 2.45) is 0 Å². The number of rotatable bonds is 3. The number of benzene rings is 1. The molecule has 22 heavy (non-hydrogen) atoms. The smallest absolute Gasteiger partial charge is 0.361 e. The number of ether oxygens (including phenoxy) is 1. The van der Waals surface area contributed by atoms with Gasteiger partial charge in [-0.3, -0.25) is 4.79 Å². The predicted octanol–water partition coefficient (Wildman–Crippen LogP) is 1.64. The normalized spacial score (nSPS) is 10.6. The molecule has 0 unspecified atom stereocenters. The summed E-state index contributed by atoms with van der Waals surface area (Å²) in [5.41, 5.74) is 10.3. The van der Waals surface area contributed by atoms with Crippen LogP contribution in [-0.4, -0.2) is 34.3 Å². The number of nitrogens with two attached hydrogens (primary N) is 1. The van der Waals surface area contributed by atoms with E-state index in [2.05, 4.69) is 20.1 Å². The molecule has 0 saturated carbocycles. The lowest BCUT2D eigenvalue weighted by Crippen LogP contribution is -2.16. The first kappa shape index (κ1) is 15.7. The summed E-state index contributed by atoms with van der Waals surface area (Å²) < 4.78 is 4.60. The second kappa shape index (κ2) is 5.59. The van der Waals surface area contributed by atoms with Crippen LogP contribution in [0.5, 0.6) is 0 Å². The molecule has 2 rings (SSSR count). The summed E-state index contributed by atoms with van der Waals surface area (Å²) in [6, 6.07) is 0. The molecule has 0 amide bonds. The van der Waals surface area contributed by atoms with Gasteiger partial charge in [0.15, 0.2) is 5.69 Å². The van der Waals surface area contributed by atoms with Crippen molar-refractivity contribution in [1.82, 2.24) is 15.4 Å². The van der Waals surface area contributed by atoms with E-state index in [4.69, 9.17) is 5.73 Å². The van der Waals surface area contributed by atoms with Crippen LogP contribution < -0.4 is 5.73 Å². The van der Waals surface area contributed by atoms with Gasteiger partial charge in [0.1, 0.15) is 0 Å². The van der Waals surface area contributed by atoms with Crippen molar-refractivity contribution in [3.8, 4) is 0 Å². The maximum absolute atomic E-state index is 12.8. The molecule has 0 atom stereocenters. The largest absolute Gasteiger partial charge is 0.464 e. The highest BCUT2D eigenvalue weighted by Crippen LogP contribution is 2.30. The Morgan fingerprint density at radius 2 is 1.50 bits per heavy atom. The van der Waals surface area contributed by atoms with Gasteiger partial charge in [-0.1, -0.05) is 0 Å². The molecule has 2 aromatic rings. The molecule has 1 aromatic carbocycles. The SMILES string of the molecule is COC(=O)c1n[nH]nc1C(=O)c1c(C)c(C)c(C)c(C)c1N. The van der Waals surface area contributed by atoms with Gasteiger partial charge in [-0.2, -0.15) is 10.3 Å². The van der Waals surface area contributed by atoms with Crippen LogP contribution in [0.2, 0.25) is 0 Å². The Kier molecular flexibility index (Phi) is 3.99. The molecular formula is C15H18N4O3. The number of carbonyl (C=O) groups is 2. The molecule has 0 saturated heterocycles. The standard InChI is InChI=1S/C15H18N4O3/c1-6-7(2)9(4)11(16)10(8(6)3)14(20)12-13(15(21)22-5)18-19-17-12/h16H2,1-5H3,(H,17,18,19). The number of methoxy groups -OCH3 is 1. The summed E-state index contributed by atoms with van der Waals surface area (Å²) in [6.45, 7) is 7.57. The number of esters is 1. The van der Waals surface area contributed by atoms with Gasteiger partial charge in [-0.05, 0) is 49.9 Å². The number of nitrogen functional groups attached to an aromatic ring is 1. The van der Waals surface area contributed by atoms with Crippen molar-refractivity contribution < 1.29 is 14.3 Å². The molecule has 0 aliphatic rings. The van der Waals surface area contributed by atoms with E-state index >= 15 is 0 Å². The van der Waals surface area contributed by atoms with Crippen molar-refractivity contribution in [1.29, 1.82) is 0 Å². The van der Waals surface area contributed by atoms with Gasteiger partial charge in [0.05, 0.1) is 12.7 Å². The Bertz CT molecular complexity index is 748. The third kappa shape index (κ3) is 2.24. The molecule has 0 spiro atoms. The lowest BCUT2D eigenvalue weighted by atomic mass is 9.89. The van der Waals surface area contributed by atoms with Crippen LogP contribution in [-0.2, 0) is 4.74 Å². The van der Waals surface area contributed by atoms with Gasteiger partial charge in [0, 0.05) is 5.69 Å². The van der Waals surface area contributed by atoms with Crippen molar-refractivity contribution >= 4 is 17.4 Å². The van der Waals surface area contributed by atoms with Crippen LogP contribution in [0.15, 0.2) is 0 Å². The van der Waals surface area contributed by atoms with E-state index in [1.165, 1.54) is 7.11 Å². The highest BCUT2D eigenvalue weighted by molar-refractivity contribution is 6.16. The lowest BCUT2D eigenvalue weighted by molar-refractivity contribution is 0.0590. The zero-order chi connectivity index (χ0) is 16.6. The lowest BCUT2D eigenvalue weighted by Gasteiger charge is -2.16. The third-order valence-corrected chi connectivity index (χ3v) is 4.10. The van der Waals surface area contributed by atoms with Crippen LogP contribution >= 0.6 is 0 Å². The number of aromatic amines is 1. The maximum atomic E-state index is 12.8. The van der Waals surface area contributed by atoms with E-state index in [-0.39, 0.29) is 11.4 Å². The molecule has 0 fully saturated rings. The molecular weight excluding hydrogens is 284 g/mol. The van der Waals surface area contributed by atoms with Crippen molar-refractivity contribution in [2.75, 3.05) is 12.8 Å². The number of H-pyrrole nitrogens is 1. The highest BCUT2D eigenvalue weighted by atomic mass is 16.5. The van der Waals surface area contributed by atoms with E-state index in [1.807, 2.05) is 27.7 Å². The molecule has 0 bridgehead atoms. The third-order valence-electron chi connectivity index (χ3n) is 4.10. The highest BCUT2D eigenvalue weighted by Gasteiger charge is 2.28. The van der Waals surface area contributed by atoms with Gasteiger partial charge in [-0.15, -0.1) is 5.10 Å². The molecule has 0 aliphatic carbocycles. The Labute approximate surface area is 127 Å². The summed E-state index contributed by atoms with van der Waals surface area (Å²) in [5, 5.41) is 9.75. The first-order chi connectivity index (χ1) is 10.3. The van der Waals surface area contributed by atoms with E-state index in [1.54, 1.807) is 0 Å². The van der Waals surface area contributed by atoms with Gasteiger partial charge < -0.3 is 10.5 Å². The van der Waals surface area contributed by atoms with Gasteiger partial charge >= 0.3 is 5.97 Å². The number of aromatic nitrogens is 3. The van der Waals surface area contributed by atoms with Gasteiger partial charge in [-0.25, -0.2) is 4.79 Å². The second-order valence-corrected chi connectivity index (χ2v) is 5.13. The summed E-state index contributed by atoms with van der Waals surface area (Å²) >= 11 is 0. The first-order valence-electron chi connectivity index (χ1n) is 6.70. The Morgan fingerprint density at radius 3 is 2.09 bits per heavy atom.